The average Bonchev–Trinajstić information content (AvgIpc) is 3.16. The summed E-state index contributed by atoms with van der Waals surface area (Å²) in [6.45, 7) is 4.58. The van der Waals surface area contributed by atoms with E-state index in [-0.39, 0.29) is 12.1 Å². The van der Waals surface area contributed by atoms with Crippen LogP contribution in [0.1, 0.15) is 19.4 Å². The maximum atomic E-state index is 12.7. The number of halogens is 1. The number of aromatic nitrogens is 1. The Morgan fingerprint density at radius 1 is 1.23 bits per heavy atom. The van der Waals surface area contributed by atoms with Crippen LogP contribution in [0.15, 0.2) is 64.6 Å². The third-order valence-electron chi connectivity index (χ3n) is 3.94. The van der Waals surface area contributed by atoms with Crippen molar-refractivity contribution in [3.05, 3.63) is 70.1 Å². The van der Waals surface area contributed by atoms with Crippen LogP contribution in [0.25, 0.3) is 10.6 Å². The van der Waals surface area contributed by atoms with E-state index in [0.717, 1.165) is 26.3 Å². The number of hydrogen-bond acceptors (Lipinski definition) is 3. The van der Waals surface area contributed by atoms with E-state index in [4.69, 9.17) is 0 Å². The summed E-state index contributed by atoms with van der Waals surface area (Å²) in [6.07, 6.45) is 1.80. The predicted octanol–water partition coefficient (Wildman–Crippen LogP) is 6.02. The summed E-state index contributed by atoms with van der Waals surface area (Å²) in [4.78, 5) is 18.9. The molecule has 134 valence electrons. The van der Waals surface area contributed by atoms with Gasteiger partial charge in [-0.2, -0.15) is 0 Å². The third kappa shape index (κ3) is 4.71. The number of anilines is 1. The Hall–Kier alpha value is -2.18. The van der Waals surface area contributed by atoms with E-state index < -0.39 is 0 Å². The molecule has 1 aromatic heterocycles. The molecule has 0 bridgehead atoms. The second kappa shape index (κ2) is 8.47. The minimum atomic E-state index is -0.109. The number of rotatable bonds is 5. The van der Waals surface area contributed by atoms with Gasteiger partial charge >= 0.3 is 6.03 Å². The molecular formula is C20H20BrN3OS. The van der Waals surface area contributed by atoms with Crippen molar-refractivity contribution in [2.45, 2.75) is 26.4 Å². The van der Waals surface area contributed by atoms with Crippen LogP contribution in [-0.2, 0) is 6.54 Å². The predicted molar refractivity (Wildman–Crippen MR) is 111 cm³/mol. The molecule has 0 saturated heterocycles. The number of benzene rings is 2. The summed E-state index contributed by atoms with van der Waals surface area (Å²) in [7, 11) is 0. The highest BCUT2D eigenvalue weighted by Gasteiger charge is 2.18. The molecule has 0 aliphatic carbocycles. The molecule has 0 atom stereocenters. The van der Waals surface area contributed by atoms with Gasteiger partial charge in [-0.05, 0) is 49.7 Å². The van der Waals surface area contributed by atoms with Gasteiger partial charge in [0.2, 0.25) is 0 Å². The number of carbonyl (C=O) groups excluding carboxylic acids is 1. The summed E-state index contributed by atoms with van der Waals surface area (Å²) in [6, 6.07) is 15.7. The van der Waals surface area contributed by atoms with Crippen LogP contribution in [0.3, 0.4) is 0 Å². The lowest BCUT2D eigenvalue weighted by atomic mass is 10.1. The van der Waals surface area contributed by atoms with E-state index in [9.17, 15) is 4.79 Å². The molecule has 0 radical (unpaired) electrons. The first-order valence-corrected chi connectivity index (χ1v) is 10.0. The van der Waals surface area contributed by atoms with Crippen molar-refractivity contribution < 1.29 is 4.79 Å². The molecule has 0 spiro atoms. The molecule has 6 heteroatoms. The van der Waals surface area contributed by atoms with Crippen molar-refractivity contribution in [1.82, 2.24) is 9.88 Å². The maximum absolute atomic E-state index is 12.7. The SMILES string of the molecule is CC(C)N(Cc1cccc(-c2nccs2)c1)C(=O)Nc1ccc(Br)cc1. The molecule has 2 aromatic carbocycles. The number of amides is 2. The normalized spacial score (nSPS) is 10.8. The van der Waals surface area contributed by atoms with Crippen molar-refractivity contribution in [2.75, 3.05) is 5.32 Å². The Balaban J connectivity index is 1.75. The summed E-state index contributed by atoms with van der Waals surface area (Å²) in [5.41, 5.74) is 2.94. The van der Waals surface area contributed by atoms with Gasteiger partial charge in [0.05, 0.1) is 0 Å². The second-order valence-electron chi connectivity index (χ2n) is 6.20. The van der Waals surface area contributed by atoms with E-state index in [1.807, 2.05) is 66.6 Å². The van der Waals surface area contributed by atoms with Gasteiger partial charge in [-0.3, -0.25) is 0 Å². The first kappa shape index (κ1) is 18.6. The number of nitrogens with one attached hydrogen (secondary N) is 1. The average molecular weight is 430 g/mol. The van der Waals surface area contributed by atoms with E-state index in [1.54, 1.807) is 17.5 Å². The Bertz CT molecular complexity index is 863. The number of thiazole rings is 1. The highest BCUT2D eigenvalue weighted by molar-refractivity contribution is 9.10. The zero-order valence-corrected chi connectivity index (χ0v) is 17.0. The molecule has 26 heavy (non-hydrogen) atoms. The van der Waals surface area contributed by atoms with Gasteiger partial charge in [-0.1, -0.05) is 34.1 Å². The molecule has 3 rings (SSSR count). The molecule has 0 unspecified atom stereocenters. The van der Waals surface area contributed by atoms with Crippen LogP contribution in [0.4, 0.5) is 10.5 Å². The minimum absolute atomic E-state index is 0.0777. The van der Waals surface area contributed by atoms with Gasteiger partial charge in [0.15, 0.2) is 0 Å². The van der Waals surface area contributed by atoms with E-state index in [2.05, 4.69) is 32.3 Å². The first-order chi connectivity index (χ1) is 12.5. The zero-order chi connectivity index (χ0) is 18.5. The molecule has 0 aliphatic heterocycles. The molecule has 0 aliphatic rings. The summed E-state index contributed by atoms with van der Waals surface area (Å²) in [5, 5.41) is 5.92. The maximum Gasteiger partial charge on any atom is 0.322 e. The lowest BCUT2D eigenvalue weighted by Gasteiger charge is -2.27. The van der Waals surface area contributed by atoms with Crippen LogP contribution in [0.5, 0.6) is 0 Å². The van der Waals surface area contributed by atoms with Crippen LogP contribution in [0.2, 0.25) is 0 Å². The first-order valence-electron chi connectivity index (χ1n) is 8.35. The number of nitrogens with zero attached hydrogens (tertiary/aromatic N) is 2. The standard InChI is InChI=1S/C20H20BrN3OS/c1-14(2)24(20(25)23-18-8-6-17(21)7-9-18)13-15-4-3-5-16(12-15)19-22-10-11-26-19/h3-12,14H,13H2,1-2H3,(H,23,25). The number of carbonyl (C=O) groups is 1. The van der Waals surface area contributed by atoms with Gasteiger partial charge in [-0.15, -0.1) is 11.3 Å². The van der Waals surface area contributed by atoms with Crippen molar-refractivity contribution in [1.29, 1.82) is 0 Å². The third-order valence-corrected chi connectivity index (χ3v) is 5.29. The van der Waals surface area contributed by atoms with Crippen LogP contribution < -0.4 is 5.32 Å². The van der Waals surface area contributed by atoms with Crippen molar-refractivity contribution in [3.8, 4) is 10.6 Å². The van der Waals surface area contributed by atoms with Gasteiger partial charge in [-0.25, -0.2) is 9.78 Å². The van der Waals surface area contributed by atoms with Crippen LogP contribution in [-0.4, -0.2) is 22.0 Å². The fourth-order valence-electron chi connectivity index (χ4n) is 2.58. The monoisotopic (exact) mass is 429 g/mol. The van der Waals surface area contributed by atoms with Gasteiger partial charge in [0, 0.05) is 39.9 Å². The van der Waals surface area contributed by atoms with Crippen molar-refractivity contribution in [2.24, 2.45) is 0 Å². The summed E-state index contributed by atoms with van der Waals surface area (Å²) < 4.78 is 0.982. The summed E-state index contributed by atoms with van der Waals surface area (Å²) in [5.74, 6) is 0. The van der Waals surface area contributed by atoms with Crippen LogP contribution in [0, 0.1) is 0 Å². The minimum Gasteiger partial charge on any atom is -0.318 e. The van der Waals surface area contributed by atoms with Gasteiger partial charge in [0.1, 0.15) is 5.01 Å². The quantitative estimate of drug-likeness (QED) is 0.538. The number of urea groups is 1. The topological polar surface area (TPSA) is 45.2 Å². The van der Waals surface area contributed by atoms with E-state index >= 15 is 0 Å². The Kier molecular flexibility index (Phi) is 6.06. The molecule has 4 nitrogen and oxygen atoms in total. The lowest BCUT2D eigenvalue weighted by Crippen LogP contribution is -2.39. The molecule has 3 aromatic rings. The fourth-order valence-corrected chi connectivity index (χ4v) is 3.48. The van der Waals surface area contributed by atoms with Gasteiger partial charge < -0.3 is 10.2 Å². The molecule has 1 heterocycles. The van der Waals surface area contributed by atoms with Gasteiger partial charge in [0.25, 0.3) is 0 Å². The molecule has 0 saturated carbocycles. The Labute approximate surface area is 166 Å². The Morgan fingerprint density at radius 2 is 2.00 bits per heavy atom. The zero-order valence-electron chi connectivity index (χ0n) is 14.6. The van der Waals surface area contributed by atoms with Crippen LogP contribution >= 0.6 is 27.3 Å². The van der Waals surface area contributed by atoms with E-state index in [0.29, 0.717) is 6.54 Å². The highest BCUT2D eigenvalue weighted by atomic mass is 79.9. The fraction of sp³-hybridized carbons (Fsp3) is 0.200. The Morgan fingerprint density at radius 3 is 2.65 bits per heavy atom. The highest BCUT2D eigenvalue weighted by Crippen LogP contribution is 2.23. The largest absolute Gasteiger partial charge is 0.322 e. The molecule has 0 fully saturated rings. The second-order valence-corrected chi connectivity index (χ2v) is 8.01. The number of hydrogen-bond donors (Lipinski definition) is 1. The van der Waals surface area contributed by atoms with Crippen molar-refractivity contribution >= 4 is 39.0 Å². The van der Waals surface area contributed by atoms with E-state index in [1.165, 1.54) is 0 Å². The molecule has 2 amide bonds. The summed E-state index contributed by atoms with van der Waals surface area (Å²) >= 11 is 5.02. The smallest absolute Gasteiger partial charge is 0.318 e. The molecular weight excluding hydrogens is 410 g/mol. The molecule has 1 N–H and O–H groups in total. The lowest BCUT2D eigenvalue weighted by molar-refractivity contribution is 0.193. The van der Waals surface area contributed by atoms with Crippen molar-refractivity contribution in [3.63, 3.8) is 0 Å².